The van der Waals surface area contributed by atoms with Crippen LogP contribution < -0.4 is 5.32 Å². The number of benzene rings is 1. The molecule has 0 amide bonds. The highest BCUT2D eigenvalue weighted by molar-refractivity contribution is 5.20. The fraction of sp³-hybridized carbons (Fsp3) is 0.647. The Labute approximate surface area is 127 Å². The molecule has 1 aliphatic rings. The van der Waals surface area contributed by atoms with Crippen molar-refractivity contribution in [2.24, 2.45) is 0 Å². The smallest absolute Gasteiger partial charge is 0.123 e. The van der Waals surface area contributed by atoms with E-state index in [1.54, 1.807) is 0 Å². The Kier molecular flexibility index (Phi) is 5.73. The fourth-order valence-corrected chi connectivity index (χ4v) is 2.90. The quantitative estimate of drug-likeness (QED) is 0.847. The second-order valence-electron chi connectivity index (χ2n) is 6.29. The molecule has 1 atom stereocenters. The second-order valence-corrected chi connectivity index (χ2v) is 6.29. The largest absolute Gasteiger partial charge is 0.390 e. The van der Waals surface area contributed by atoms with E-state index in [0.717, 1.165) is 51.0 Å². The average Bonchev–Trinajstić information content (AvgIpc) is 2.46. The van der Waals surface area contributed by atoms with Crippen LogP contribution in [0.5, 0.6) is 0 Å². The lowest BCUT2D eigenvalue weighted by atomic mass is 9.93. The average molecular weight is 294 g/mol. The zero-order chi connectivity index (χ0) is 15.3. The van der Waals surface area contributed by atoms with Gasteiger partial charge in [0.1, 0.15) is 5.82 Å². The first-order valence-corrected chi connectivity index (χ1v) is 7.94. The maximum atomic E-state index is 13.0. The number of hydrogen-bond acceptors (Lipinski definition) is 3. The third-order valence-corrected chi connectivity index (χ3v) is 4.39. The standard InChI is InChI=1S/C17H27FN2O/c1-3-19-16(14-4-6-15(18)7-5-14)8-11-20-12-9-17(2,21)10-13-20/h4-7,16,19,21H,3,8-13H2,1-2H3. The van der Waals surface area contributed by atoms with E-state index in [0.29, 0.717) is 0 Å². The van der Waals surface area contributed by atoms with Crippen LogP contribution in [-0.2, 0) is 0 Å². The summed E-state index contributed by atoms with van der Waals surface area (Å²) in [5, 5.41) is 13.5. The molecule has 0 radical (unpaired) electrons. The summed E-state index contributed by atoms with van der Waals surface area (Å²) in [7, 11) is 0. The number of piperidine rings is 1. The molecule has 3 nitrogen and oxygen atoms in total. The van der Waals surface area contributed by atoms with E-state index in [9.17, 15) is 9.50 Å². The number of halogens is 1. The molecular formula is C17H27FN2O. The van der Waals surface area contributed by atoms with Gasteiger partial charge in [-0.05, 0) is 57.0 Å². The van der Waals surface area contributed by atoms with Gasteiger partial charge in [-0.3, -0.25) is 0 Å². The molecule has 0 aromatic heterocycles. The molecule has 2 rings (SSSR count). The lowest BCUT2D eigenvalue weighted by molar-refractivity contribution is -0.00596. The predicted octanol–water partition coefficient (Wildman–Crippen LogP) is 2.71. The highest BCUT2D eigenvalue weighted by Gasteiger charge is 2.27. The van der Waals surface area contributed by atoms with E-state index in [-0.39, 0.29) is 11.9 Å². The molecule has 1 fully saturated rings. The summed E-state index contributed by atoms with van der Waals surface area (Å²) in [4.78, 5) is 2.41. The maximum absolute atomic E-state index is 13.0. The third kappa shape index (κ3) is 5.06. The van der Waals surface area contributed by atoms with Gasteiger partial charge < -0.3 is 15.3 Å². The summed E-state index contributed by atoms with van der Waals surface area (Å²) in [6.45, 7) is 7.82. The normalized spacial score (nSPS) is 20.4. The molecule has 2 N–H and O–H groups in total. The summed E-state index contributed by atoms with van der Waals surface area (Å²) in [5.41, 5.74) is 0.649. The van der Waals surface area contributed by atoms with E-state index in [1.807, 2.05) is 19.1 Å². The van der Waals surface area contributed by atoms with E-state index in [2.05, 4.69) is 17.1 Å². The van der Waals surface area contributed by atoms with Crippen LogP contribution in [-0.4, -0.2) is 41.8 Å². The monoisotopic (exact) mass is 294 g/mol. The van der Waals surface area contributed by atoms with E-state index < -0.39 is 5.60 Å². The molecule has 0 saturated carbocycles. The predicted molar refractivity (Wildman–Crippen MR) is 83.7 cm³/mol. The fourth-order valence-electron chi connectivity index (χ4n) is 2.90. The Morgan fingerprint density at radius 1 is 1.29 bits per heavy atom. The topological polar surface area (TPSA) is 35.5 Å². The van der Waals surface area contributed by atoms with Gasteiger partial charge in [0.2, 0.25) is 0 Å². The van der Waals surface area contributed by atoms with Crippen LogP contribution in [0.4, 0.5) is 4.39 Å². The van der Waals surface area contributed by atoms with Crippen molar-refractivity contribution in [3.05, 3.63) is 35.6 Å². The van der Waals surface area contributed by atoms with Crippen molar-refractivity contribution >= 4 is 0 Å². The van der Waals surface area contributed by atoms with Gasteiger partial charge in [0, 0.05) is 19.1 Å². The molecule has 4 heteroatoms. The SMILES string of the molecule is CCNC(CCN1CCC(C)(O)CC1)c1ccc(F)cc1. The molecule has 21 heavy (non-hydrogen) atoms. The number of hydrogen-bond donors (Lipinski definition) is 2. The Morgan fingerprint density at radius 3 is 2.48 bits per heavy atom. The zero-order valence-corrected chi connectivity index (χ0v) is 13.1. The first kappa shape index (κ1) is 16.4. The Morgan fingerprint density at radius 2 is 1.90 bits per heavy atom. The molecule has 1 aromatic rings. The van der Waals surface area contributed by atoms with Crippen molar-refractivity contribution in [1.29, 1.82) is 0 Å². The number of aliphatic hydroxyl groups is 1. The summed E-state index contributed by atoms with van der Waals surface area (Å²) in [6.07, 6.45) is 2.69. The van der Waals surface area contributed by atoms with Gasteiger partial charge in [-0.25, -0.2) is 4.39 Å². The van der Waals surface area contributed by atoms with E-state index in [1.165, 1.54) is 12.1 Å². The maximum Gasteiger partial charge on any atom is 0.123 e. The van der Waals surface area contributed by atoms with Gasteiger partial charge in [0.15, 0.2) is 0 Å². The van der Waals surface area contributed by atoms with Crippen molar-refractivity contribution in [2.75, 3.05) is 26.2 Å². The highest BCUT2D eigenvalue weighted by Crippen LogP contribution is 2.23. The van der Waals surface area contributed by atoms with Crippen molar-refractivity contribution in [2.45, 2.75) is 44.8 Å². The highest BCUT2D eigenvalue weighted by atomic mass is 19.1. The summed E-state index contributed by atoms with van der Waals surface area (Å²) in [5.74, 6) is -0.188. The minimum Gasteiger partial charge on any atom is -0.390 e. The lowest BCUT2D eigenvalue weighted by Gasteiger charge is -2.36. The zero-order valence-electron chi connectivity index (χ0n) is 13.1. The van der Waals surface area contributed by atoms with Gasteiger partial charge in [-0.15, -0.1) is 0 Å². The van der Waals surface area contributed by atoms with Crippen LogP contribution in [0.15, 0.2) is 24.3 Å². The molecule has 118 valence electrons. The van der Waals surface area contributed by atoms with Crippen LogP contribution in [0, 0.1) is 5.82 Å². The molecule has 0 spiro atoms. The summed E-state index contributed by atoms with van der Waals surface area (Å²) < 4.78 is 13.0. The van der Waals surface area contributed by atoms with Gasteiger partial charge in [0.25, 0.3) is 0 Å². The number of rotatable bonds is 6. The minimum absolute atomic E-state index is 0.188. The number of likely N-dealkylation sites (tertiary alicyclic amines) is 1. The van der Waals surface area contributed by atoms with Gasteiger partial charge >= 0.3 is 0 Å². The molecule has 1 aromatic carbocycles. The van der Waals surface area contributed by atoms with Crippen LogP contribution >= 0.6 is 0 Å². The minimum atomic E-state index is -0.492. The number of nitrogens with zero attached hydrogens (tertiary/aromatic N) is 1. The Bertz CT molecular complexity index is 423. The van der Waals surface area contributed by atoms with Gasteiger partial charge in [-0.1, -0.05) is 19.1 Å². The summed E-state index contributed by atoms with van der Waals surface area (Å²) >= 11 is 0. The van der Waals surface area contributed by atoms with Crippen LogP contribution in [0.1, 0.15) is 44.7 Å². The molecular weight excluding hydrogens is 267 g/mol. The Balaban J connectivity index is 1.87. The van der Waals surface area contributed by atoms with Gasteiger partial charge in [0.05, 0.1) is 5.60 Å². The molecule has 1 aliphatic heterocycles. The molecule has 1 heterocycles. The summed E-state index contributed by atoms with van der Waals surface area (Å²) in [6, 6.07) is 7.04. The van der Waals surface area contributed by atoms with E-state index >= 15 is 0 Å². The van der Waals surface area contributed by atoms with Crippen LogP contribution in [0.2, 0.25) is 0 Å². The Hall–Kier alpha value is -0.970. The van der Waals surface area contributed by atoms with Crippen molar-refractivity contribution in [3.8, 4) is 0 Å². The lowest BCUT2D eigenvalue weighted by Crippen LogP contribution is -2.43. The second kappa shape index (κ2) is 7.34. The van der Waals surface area contributed by atoms with Crippen molar-refractivity contribution in [1.82, 2.24) is 10.2 Å². The molecule has 1 saturated heterocycles. The van der Waals surface area contributed by atoms with Crippen molar-refractivity contribution in [3.63, 3.8) is 0 Å². The van der Waals surface area contributed by atoms with Crippen LogP contribution in [0.25, 0.3) is 0 Å². The van der Waals surface area contributed by atoms with Crippen LogP contribution in [0.3, 0.4) is 0 Å². The molecule has 1 unspecified atom stereocenters. The van der Waals surface area contributed by atoms with Gasteiger partial charge in [-0.2, -0.15) is 0 Å². The molecule has 0 aliphatic carbocycles. The van der Waals surface area contributed by atoms with Crippen molar-refractivity contribution < 1.29 is 9.50 Å². The number of nitrogens with one attached hydrogen (secondary N) is 1. The van der Waals surface area contributed by atoms with E-state index in [4.69, 9.17) is 0 Å². The first-order valence-electron chi connectivity index (χ1n) is 7.94. The third-order valence-electron chi connectivity index (χ3n) is 4.39. The molecule has 0 bridgehead atoms. The first-order chi connectivity index (χ1) is 10.00.